The highest BCUT2D eigenvalue weighted by Crippen LogP contribution is 2.30. The van der Waals surface area contributed by atoms with Crippen molar-refractivity contribution in [2.45, 2.75) is 24.7 Å². The van der Waals surface area contributed by atoms with Gasteiger partial charge in [0.2, 0.25) is 5.91 Å². The van der Waals surface area contributed by atoms with E-state index in [-0.39, 0.29) is 17.8 Å². The average molecular weight is 417 g/mol. The van der Waals surface area contributed by atoms with Crippen molar-refractivity contribution in [1.29, 1.82) is 0 Å². The van der Waals surface area contributed by atoms with Crippen LogP contribution in [0.1, 0.15) is 6.92 Å². The lowest BCUT2D eigenvalue weighted by molar-refractivity contribution is -0.119. The summed E-state index contributed by atoms with van der Waals surface area (Å²) in [5.41, 5.74) is 0. The summed E-state index contributed by atoms with van der Waals surface area (Å²) < 4.78 is 13.5. The molecule has 0 saturated carbocycles. The Bertz CT molecular complexity index is 943. The first-order valence-electron chi connectivity index (χ1n) is 8.99. The van der Waals surface area contributed by atoms with Gasteiger partial charge in [0.15, 0.2) is 22.5 Å². The number of rotatable bonds is 7. The van der Waals surface area contributed by atoms with Gasteiger partial charge in [-0.2, -0.15) is 0 Å². The first-order chi connectivity index (χ1) is 13.7. The summed E-state index contributed by atoms with van der Waals surface area (Å²) in [6.07, 6.45) is -0.200. The molecule has 2 aromatic heterocycles. The van der Waals surface area contributed by atoms with E-state index in [1.54, 1.807) is 11.3 Å². The molecule has 0 radical (unpaired) electrons. The van der Waals surface area contributed by atoms with Gasteiger partial charge < -0.3 is 19.4 Å². The lowest BCUT2D eigenvalue weighted by Crippen LogP contribution is -2.41. The van der Waals surface area contributed by atoms with E-state index in [0.717, 1.165) is 28.2 Å². The molecular formula is C19H20N4O3S2. The van der Waals surface area contributed by atoms with Crippen molar-refractivity contribution < 1.29 is 14.3 Å². The number of nitrogens with one attached hydrogen (secondary N) is 1. The number of aromatic nitrogens is 3. The third-order valence-corrected chi connectivity index (χ3v) is 6.03. The van der Waals surface area contributed by atoms with Crippen LogP contribution in [0.5, 0.6) is 11.5 Å². The van der Waals surface area contributed by atoms with Crippen LogP contribution in [0.2, 0.25) is 0 Å². The van der Waals surface area contributed by atoms with E-state index in [0.29, 0.717) is 18.9 Å². The zero-order valence-corrected chi connectivity index (χ0v) is 17.0. The van der Waals surface area contributed by atoms with Crippen molar-refractivity contribution in [3.05, 3.63) is 41.8 Å². The molecular weight excluding hydrogens is 396 g/mol. The van der Waals surface area contributed by atoms with Crippen LogP contribution >= 0.6 is 23.1 Å². The van der Waals surface area contributed by atoms with Crippen molar-refractivity contribution in [2.75, 3.05) is 18.9 Å². The van der Waals surface area contributed by atoms with E-state index in [2.05, 4.69) is 15.5 Å². The van der Waals surface area contributed by atoms with E-state index in [1.807, 2.05) is 53.3 Å². The summed E-state index contributed by atoms with van der Waals surface area (Å²) in [5.74, 6) is 2.48. The first kappa shape index (κ1) is 18.8. The van der Waals surface area contributed by atoms with Gasteiger partial charge in [-0.15, -0.1) is 21.5 Å². The zero-order valence-electron chi connectivity index (χ0n) is 15.3. The van der Waals surface area contributed by atoms with Gasteiger partial charge in [-0.3, -0.25) is 4.79 Å². The van der Waals surface area contributed by atoms with E-state index < -0.39 is 0 Å². The van der Waals surface area contributed by atoms with Crippen molar-refractivity contribution in [2.24, 2.45) is 0 Å². The van der Waals surface area contributed by atoms with Crippen LogP contribution < -0.4 is 14.8 Å². The molecule has 0 aliphatic carbocycles. The van der Waals surface area contributed by atoms with Crippen LogP contribution in [-0.2, 0) is 11.3 Å². The van der Waals surface area contributed by atoms with Crippen LogP contribution in [0.4, 0.5) is 0 Å². The van der Waals surface area contributed by atoms with Crippen LogP contribution in [0.25, 0.3) is 10.7 Å². The highest BCUT2D eigenvalue weighted by atomic mass is 32.2. The smallest absolute Gasteiger partial charge is 0.230 e. The van der Waals surface area contributed by atoms with Gasteiger partial charge >= 0.3 is 0 Å². The van der Waals surface area contributed by atoms with E-state index in [4.69, 9.17) is 9.47 Å². The number of benzene rings is 1. The Kier molecular flexibility index (Phi) is 5.82. The second-order valence-electron chi connectivity index (χ2n) is 6.12. The van der Waals surface area contributed by atoms with Crippen molar-refractivity contribution in [1.82, 2.24) is 20.1 Å². The lowest BCUT2D eigenvalue weighted by Gasteiger charge is -2.26. The molecule has 4 rings (SSSR count). The van der Waals surface area contributed by atoms with Crippen molar-refractivity contribution in [3.63, 3.8) is 0 Å². The maximum absolute atomic E-state index is 12.3. The topological polar surface area (TPSA) is 78.3 Å². The normalized spacial score (nSPS) is 15.4. The number of nitrogens with zero attached hydrogens (tertiary/aromatic N) is 3. The molecule has 9 heteroatoms. The fourth-order valence-corrected chi connectivity index (χ4v) is 4.39. The number of thioether (sulfide) groups is 1. The fourth-order valence-electron chi connectivity index (χ4n) is 2.84. The lowest BCUT2D eigenvalue weighted by atomic mass is 10.2. The Morgan fingerprint density at radius 2 is 2.14 bits per heavy atom. The quantitative estimate of drug-likeness (QED) is 0.597. The SMILES string of the molecule is CCn1c(SCC(=O)NC[C@H]2COc3ccccc3O2)nnc1-c1cccs1. The van der Waals surface area contributed by atoms with E-state index in [1.165, 1.54) is 11.8 Å². The maximum Gasteiger partial charge on any atom is 0.230 e. The Labute approximate surface area is 171 Å². The van der Waals surface area contributed by atoms with Gasteiger partial charge in [-0.1, -0.05) is 30.0 Å². The molecule has 3 heterocycles. The Hall–Kier alpha value is -2.52. The maximum atomic E-state index is 12.3. The molecule has 146 valence electrons. The predicted octanol–water partition coefficient (Wildman–Crippen LogP) is 3.07. The van der Waals surface area contributed by atoms with E-state index in [9.17, 15) is 4.79 Å². The van der Waals surface area contributed by atoms with Gasteiger partial charge in [0.1, 0.15) is 12.7 Å². The van der Waals surface area contributed by atoms with Crippen LogP contribution in [0.3, 0.4) is 0 Å². The average Bonchev–Trinajstić information content (AvgIpc) is 3.39. The van der Waals surface area contributed by atoms with Crippen molar-refractivity contribution in [3.8, 4) is 22.2 Å². The molecule has 0 saturated heterocycles. The second kappa shape index (κ2) is 8.66. The molecule has 0 unspecified atom stereocenters. The predicted molar refractivity (Wildman–Crippen MR) is 109 cm³/mol. The van der Waals surface area contributed by atoms with Crippen LogP contribution in [-0.4, -0.2) is 45.7 Å². The standard InChI is InChI=1S/C19H20N4O3S2/c1-2-23-18(16-8-5-9-27-16)21-22-19(23)28-12-17(24)20-10-13-11-25-14-6-3-4-7-15(14)26-13/h3-9,13H,2,10-12H2,1H3,(H,20,24)/t13-/m0/s1. The number of carbonyl (C=O) groups is 1. The highest BCUT2D eigenvalue weighted by Gasteiger charge is 2.21. The van der Waals surface area contributed by atoms with Gasteiger partial charge in [0, 0.05) is 6.54 Å². The molecule has 1 aliphatic heterocycles. The van der Waals surface area contributed by atoms with Gasteiger partial charge in [0.05, 0.1) is 17.2 Å². The Morgan fingerprint density at radius 3 is 2.93 bits per heavy atom. The summed E-state index contributed by atoms with van der Waals surface area (Å²) in [4.78, 5) is 13.3. The number of para-hydroxylation sites is 2. The summed E-state index contributed by atoms with van der Waals surface area (Å²) in [6, 6.07) is 11.5. The third kappa shape index (κ3) is 4.15. The first-order valence-corrected chi connectivity index (χ1v) is 10.9. The number of thiophene rings is 1. The summed E-state index contributed by atoms with van der Waals surface area (Å²) >= 11 is 3.01. The number of hydrogen-bond donors (Lipinski definition) is 1. The molecule has 1 aliphatic rings. The molecule has 28 heavy (non-hydrogen) atoms. The zero-order chi connectivity index (χ0) is 19.3. The largest absolute Gasteiger partial charge is 0.486 e. The number of amides is 1. The monoisotopic (exact) mass is 416 g/mol. The molecule has 1 atom stereocenters. The summed E-state index contributed by atoms with van der Waals surface area (Å²) in [7, 11) is 0. The minimum absolute atomic E-state index is 0.0733. The highest BCUT2D eigenvalue weighted by molar-refractivity contribution is 7.99. The number of hydrogen-bond acceptors (Lipinski definition) is 7. The molecule has 0 spiro atoms. The molecule has 1 aromatic carbocycles. The van der Waals surface area contributed by atoms with Crippen molar-refractivity contribution >= 4 is 29.0 Å². The van der Waals surface area contributed by atoms with Gasteiger partial charge in [-0.25, -0.2) is 0 Å². The van der Waals surface area contributed by atoms with Crippen LogP contribution in [0.15, 0.2) is 46.9 Å². The molecule has 7 nitrogen and oxygen atoms in total. The fraction of sp³-hybridized carbons (Fsp3) is 0.316. The minimum Gasteiger partial charge on any atom is -0.486 e. The number of fused-ring (bicyclic) bond motifs is 1. The summed E-state index contributed by atoms with van der Waals surface area (Å²) in [6.45, 7) is 3.60. The van der Waals surface area contributed by atoms with E-state index >= 15 is 0 Å². The summed E-state index contributed by atoms with van der Waals surface area (Å²) in [5, 5.41) is 14.2. The Balaban J connectivity index is 1.28. The van der Waals surface area contributed by atoms with Gasteiger partial charge in [0.25, 0.3) is 0 Å². The van der Waals surface area contributed by atoms with Gasteiger partial charge in [-0.05, 0) is 30.5 Å². The second-order valence-corrected chi connectivity index (χ2v) is 8.01. The molecule has 3 aromatic rings. The Morgan fingerprint density at radius 1 is 1.29 bits per heavy atom. The number of ether oxygens (including phenoxy) is 2. The molecule has 1 N–H and O–H groups in total. The van der Waals surface area contributed by atoms with Crippen LogP contribution in [0, 0.1) is 0 Å². The third-order valence-electron chi connectivity index (χ3n) is 4.20. The molecule has 1 amide bonds. The molecule has 0 bridgehead atoms. The minimum atomic E-state index is -0.200. The molecule has 0 fully saturated rings. The number of carbonyl (C=O) groups excluding carboxylic acids is 1.